The number of nitrogen functional groups attached to an aromatic ring is 1. The molecule has 0 amide bonds. The molecule has 0 aromatic carbocycles. The van der Waals surface area contributed by atoms with E-state index in [9.17, 15) is 5.11 Å². The van der Waals surface area contributed by atoms with E-state index in [1.807, 2.05) is 13.0 Å². The van der Waals surface area contributed by atoms with Gasteiger partial charge in [0.05, 0.1) is 11.8 Å². The second-order valence-electron chi connectivity index (χ2n) is 4.36. The highest BCUT2D eigenvalue weighted by molar-refractivity contribution is 5.49. The van der Waals surface area contributed by atoms with Crippen molar-refractivity contribution in [3.05, 3.63) is 11.8 Å². The highest BCUT2D eigenvalue weighted by Crippen LogP contribution is 2.18. The highest BCUT2D eigenvalue weighted by atomic mass is 16.3. The molecule has 1 unspecified atom stereocenters. The maximum Gasteiger partial charge on any atom is 0.224 e. The highest BCUT2D eigenvalue weighted by Gasteiger charge is 2.24. The standard InChI is InChI=1S/C12H19N5O2/c1-2-12(19,4-3-5-18)8-16-11-15-7-9(6-13)10(14)17-11/h7,18-19H,2-5,8H2,1H3,(H3,14,15,16,17). The minimum atomic E-state index is -0.922. The fraction of sp³-hybridized carbons (Fsp3) is 0.583. The van der Waals surface area contributed by atoms with E-state index in [4.69, 9.17) is 16.1 Å². The average molecular weight is 265 g/mol. The summed E-state index contributed by atoms with van der Waals surface area (Å²) in [5, 5.41) is 30.7. The third-order valence-electron chi connectivity index (χ3n) is 2.97. The van der Waals surface area contributed by atoms with Crippen molar-refractivity contribution in [2.24, 2.45) is 0 Å². The van der Waals surface area contributed by atoms with E-state index in [1.54, 1.807) is 0 Å². The van der Waals surface area contributed by atoms with Crippen molar-refractivity contribution in [2.45, 2.75) is 31.8 Å². The van der Waals surface area contributed by atoms with Gasteiger partial charge in [-0.05, 0) is 19.3 Å². The molecule has 0 spiro atoms. The van der Waals surface area contributed by atoms with E-state index in [2.05, 4.69) is 15.3 Å². The molecule has 1 heterocycles. The van der Waals surface area contributed by atoms with Crippen molar-refractivity contribution in [1.82, 2.24) is 9.97 Å². The number of hydrogen-bond acceptors (Lipinski definition) is 7. The Balaban J connectivity index is 2.65. The molecule has 104 valence electrons. The number of nitrogens with zero attached hydrogens (tertiary/aromatic N) is 3. The van der Waals surface area contributed by atoms with E-state index in [0.717, 1.165) is 0 Å². The molecule has 1 rings (SSSR count). The number of nitrogens with one attached hydrogen (secondary N) is 1. The van der Waals surface area contributed by atoms with E-state index >= 15 is 0 Å². The molecule has 1 aromatic rings. The van der Waals surface area contributed by atoms with E-state index in [-0.39, 0.29) is 30.5 Å². The van der Waals surface area contributed by atoms with Crippen molar-refractivity contribution < 1.29 is 10.2 Å². The molecule has 7 heteroatoms. The minimum Gasteiger partial charge on any atom is -0.396 e. The van der Waals surface area contributed by atoms with Crippen LogP contribution in [-0.4, -0.2) is 38.9 Å². The SMILES string of the molecule is CCC(O)(CCCO)CNc1ncc(C#N)c(N)n1. The molecule has 0 saturated carbocycles. The number of hydrogen-bond donors (Lipinski definition) is 4. The predicted octanol–water partition coefficient (Wildman–Crippen LogP) is 0.256. The maximum absolute atomic E-state index is 10.3. The van der Waals surface area contributed by atoms with Crippen molar-refractivity contribution in [3.8, 4) is 6.07 Å². The van der Waals surface area contributed by atoms with Crippen molar-refractivity contribution >= 4 is 11.8 Å². The van der Waals surface area contributed by atoms with Gasteiger partial charge in [-0.1, -0.05) is 6.92 Å². The molecule has 0 aliphatic carbocycles. The summed E-state index contributed by atoms with van der Waals surface area (Å²) in [6.07, 6.45) is 2.90. The Morgan fingerprint density at radius 2 is 2.32 bits per heavy atom. The van der Waals surface area contributed by atoms with E-state index < -0.39 is 5.60 Å². The van der Waals surface area contributed by atoms with Gasteiger partial charge < -0.3 is 21.3 Å². The predicted molar refractivity (Wildman–Crippen MR) is 71.2 cm³/mol. The van der Waals surface area contributed by atoms with Crippen molar-refractivity contribution in [3.63, 3.8) is 0 Å². The van der Waals surface area contributed by atoms with Crippen LogP contribution in [0.1, 0.15) is 31.7 Å². The minimum absolute atomic E-state index is 0.0443. The zero-order valence-corrected chi connectivity index (χ0v) is 10.9. The van der Waals surface area contributed by atoms with Gasteiger partial charge in [0.2, 0.25) is 5.95 Å². The number of anilines is 2. The Morgan fingerprint density at radius 1 is 1.58 bits per heavy atom. The molecule has 0 bridgehead atoms. The summed E-state index contributed by atoms with van der Waals surface area (Å²) >= 11 is 0. The van der Waals surface area contributed by atoms with Crippen LogP contribution in [0, 0.1) is 11.3 Å². The van der Waals surface area contributed by atoms with Crippen LogP contribution < -0.4 is 11.1 Å². The number of aliphatic hydroxyl groups is 2. The first-order valence-electron chi connectivity index (χ1n) is 6.14. The van der Waals surface area contributed by atoms with Crippen LogP contribution in [0.5, 0.6) is 0 Å². The summed E-state index contributed by atoms with van der Waals surface area (Å²) in [7, 11) is 0. The van der Waals surface area contributed by atoms with Crippen LogP contribution in [0.2, 0.25) is 0 Å². The lowest BCUT2D eigenvalue weighted by molar-refractivity contribution is 0.0338. The van der Waals surface area contributed by atoms with Gasteiger partial charge in [0.15, 0.2) is 0 Å². The lowest BCUT2D eigenvalue weighted by Crippen LogP contribution is -2.36. The summed E-state index contributed by atoms with van der Waals surface area (Å²) < 4.78 is 0. The topological polar surface area (TPSA) is 128 Å². The molecule has 7 nitrogen and oxygen atoms in total. The number of nitrogens with two attached hydrogens (primary N) is 1. The number of rotatable bonds is 7. The molecule has 1 aromatic heterocycles. The zero-order valence-electron chi connectivity index (χ0n) is 10.9. The largest absolute Gasteiger partial charge is 0.396 e. The van der Waals surface area contributed by atoms with Crippen LogP contribution in [0.15, 0.2) is 6.20 Å². The van der Waals surface area contributed by atoms with Crippen LogP contribution in [-0.2, 0) is 0 Å². The normalized spacial score (nSPS) is 13.6. The second-order valence-corrected chi connectivity index (χ2v) is 4.36. The van der Waals surface area contributed by atoms with Gasteiger partial charge in [0, 0.05) is 13.2 Å². The zero-order chi connectivity index (χ0) is 14.3. The smallest absolute Gasteiger partial charge is 0.224 e. The van der Waals surface area contributed by atoms with Gasteiger partial charge >= 0.3 is 0 Å². The average Bonchev–Trinajstić information content (AvgIpc) is 2.43. The molecule has 19 heavy (non-hydrogen) atoms. The summed E-state index contributed by atoms with van der Waals surface area (Å²) in [6.45, 7) is 2.17. The lowest BCUT2D eigenvalue weighted by atomic mass is 9.95. The van der Waals surface area contributed by atoms with Gasteiger partial charge in [-0.25, -0.2) is 4.98 Å². The van der Waals surface area contributed by atoms with Crippen molar-refractivity contribution in [1.29, 1.82) is 5.26 Å². The lowest BCUT2D eigenvalue weighted by Gasteiger charge is -2.26. The first-order valence-corrected chi connectivity index (χ1v) is 6.14. The van der Waals surface area contributed by atoms with Gasteiger partial charge in [-0.3, -0.25) is 0 Å². The number of aromatic nitrogens is 2. The third-order valence-corrected chi connectivity index (χ3v) is 2.97. The summed E-state index contributed by atoms with van der Waals surface area (Å²) in [4.78, 5) is 7.88. The first kappa shape index (κ1) is 15.1. The molecular formula is C12H19N5O2. The van der Waals surface area contributed by atoms with Gasteiger partial charge in [0.25, 0.3) is 0 Å². The quantitative estimate of drug-likeness (QED) is 0.556. The molecule has 0 fully saturated rings. The number of aliphatic hydroxyl groups excluding tert-OH is 1. The van der Waals surface area contributed by atoms with Crippen LogP contribution >= 0.6 is 0 Å². The molecule has 5 N–H and O–H groups in total. The van der Waals surface area contributed by atoms with Crippen LogP contribution in [0.4, 0.5) is 11.8 Å². The molecule has 0 aliphatic rings. The monoisotopic (exact) mass is 265 g/mol. The maximum atomic E-state index is 10.3. The fourth-order valence-corrected chi connectivity index (χ4v) is 1.61. The Hall–Kier alpha value is -1.91. The fourth-order valence-electron chi connectivity index (χ4n) is 1.61. The summed E-state index contributed by atoms with van der Waals surface area (Å²) in [5.41, 5.74) is 4.87. The second kappa shape index (κ2) is 6.87. The molecule has 0 aliphatic heterocycles. The summed E-state index contributed by atoms with van der Waals surface area (Å²) in [5.74, 6) is 0.378. The molecular weight excluding hydrogens is 246 g/mol. The van der Waals surface area contributed by atoms with Gasteiger partial charge in [-0.15, -0.1) is 0 Å². The molecule has 0 radical (unpaired) electrons. The first-order chi connectivity index (χ1) is 9.04. The van der Waals surface area contributed by atoms with Crippen molar-refractivity contribution in [2.75, 3.05) is 24.2 Å². The Morgan fingerprint density at radius 3 is 2.84 bits per heavy atom. The Kier molecular flexibility index (Phi) is 5.48. The Bertz CT molecular complexity index is 460. The van der Waals surface area contributed by atoms with Crippen LogP contribution in [0.3, 0.4) is 0 Å². The molecule has 0 saturated heterocycles. The molecule has 1 atom stereocenters. The van der Waals surface area contributed by atoms with Crippen LogP contribution in [0.25, 0.3) is 0 Å². The summed E-state index contributed by atoms with van der Waals surface area (Å²) in [6, 6.07) is 1.88. The Labute approximate surface area is 112 Å². The van der Waals surface area contributed by atoms with Gasteiger partial charge in [-0.2, -0.15) is 10.2 Å². The van der Waals surface area contributed by atoms with Gasteiger partial charge in [0.1, 0.15) is 17.5 Å². The van der Waals surface area contributed by atoms with E-state index in [1.165, 1.54) is 6.20 Å². The number of nitriles is 1. The third kappa shape index (κ3) is 4.35. The van der Waals surface area contributed by atoms with E-state index in [0.29, 0.717) is 19.3 Å².